The van der Waals surface area contributed by atoms with E-state index in [1.54, 1.807) is 0 Å². The summed E-state index contributed by atoms with van der Waals surface area (Å²) in [5, 5.41) is 3.38. The number of hydrogen-bond acceptors (Lipinski definition) is 3. The van der Waals surface area contributed by atoms with E-state index in [4.69, 9.17) is 0 Å². The van der Waals surface area contributed by atoms with E-state index in [-0.39, 0.29) is 0 Å². The van der Waals surface area contributed by atoms with Gasteiger partial charge in [0.1, 0.15) is 0 Å². The van der Waals surface area contributed by atoms with Gasteiger partial charge in [0.2, 0.25) is 0 Å². The Morgan fingerprint density at radius 1 is 1.06 bits per heavy atom. The van der Waals surface area contributed by atoms with E-state index < -0.39 is 0 Å². The average molecular weight is 235 g/mol. The van der Waals surface area contributed by atoms with Crippen molar-refractivity contribution in [2.24, 2.45) is 0 Å². The topological polar surface area (TPSA) is 18.5 Å². The lowest BCUT2D eigenvalue weighted by Crippen LogP contribution is -2.35. The lowest BCUT2D eigenvalue weighted by Gasteiger charge is -2.25. The van der Waals surface area contributed by atoms with Crippen LogP contribution in [-0.2, 0) is 0 Å². The number of benzene rings is 1. The zero-order valence-corrected chi connectivity index (χ0v) is 11.5. The summed E-state index contributed by atoms with van der Waals surface area (Å²) >= 11 is 0. The van der Waals surface area contributed by atoms with E-state index in [0.29, 0.717) is 6.04 Å². The average Bonchev–Trinajstić information content (AvgIpc) is 2.34. The van der Waals surface area contributed by atoms with Crippen LogP contribution in [-0.4, -0.2) is 57.6 Å². The van der Waals surface area contributed by atoms with E-state index in [1.165, 1.54) is 5.56 Å². The molecule has 3 nitrogen and oxygen atoms in total. The molecular formula is C14H25N3. The highest BCUT2D eigenvalue weighted by Crippen LogP contribution is 2.12. The smallest absolute Gasteiger partial charge is 0.0446 e. The molecule has 1 aromatic rings. The Balaban J connectivity index is 2.47. The third-order valence-electron chi connectivity index (χ3n) is 2.97. The van der Waals surface area contributed by atoms with Crippen LogP contribution in [0.2, 0.25) is 0 Å². The first-order valence-corrected chi connectivity index (χ1v) is 6.19. The van der Waals surface area contributed by atoms with E-state index in [1.807, 2.05) is 7.05 Å². The van der Waals surface area contributed by atoms with Gasteiger partial charge < -0.3 is 15.1 Å². The third kappa shape index (κ3) is 5.31. The second-order valence-electron chi connectivity index (χ2n) is 4.82. The van der Waals surface area contributed by atoms with Gasteiger partial charge in [-0.15, -0.1) is 0 Å². The molecule has 1 rings (SSSR count). The van der Waals surface area contributed by atoms with Crippen LogP contribution in [0.25, 0.3) is 0 Å². The fraction of sp³-hybridized carbons (Fsp3) is 0.571. The largest absolute Gasteiger partial charge is 0.312 e. The highest BCUT2D eigenvalue weighted by atomic mass is 15.2. The van der Waals surface area contributed by atoms with Crippen molar-refractivity contribution in [1.29, 1.82) is 0 Å². The number of nitrogens with zero attached hydrogens (tertiary/aromatic N) is 2. The maximum Gasteiger partial charge on any atom is 0.0446 e. The SMILES string of the molecule is CNC(CN(C)CCN(C)C)c1ccccc1. The predicted molar refractivity (Wildman–Crippen MR) is 74.3 cm³/mol. The van der Waals surface area contributed by atoms with Gasteiger partial charge >= 0.3 is 0 Å². The number of hydrogen-bond donors (Lipinski definition) is 1. The molecule has 17 heavy (non-hydrogen) atoms. The molecule has 0 bridgehead atoms. The van der Waals surface area contributed by atoms with Crippen molar-refractivity contribution in [2.45, 2.75) is 6.04 Å². The summed E-state index contributed by atoms with van der Waals surface area (Å²) < 4.78 is 0. The van der Waals surface area contributed by atoms with Gasteiger partial charge in [-0.05, 0) is 33.8 Å². The monoisotopic (exact) mass is 235 g/mol. The molecule has 0 saturated heterocycles. The normalized spacial score (nSPS) is 13.3. The fourth-order valence-electron chi connectivity index (χ4n) is 1.82. The van der Waals surface area contributed by atoms with Crippen molar-refractivity contribution in [3.05, 3.63) is 35.9 Å². The summed E-state index contributed by atoms with van der Waals surface area (Å²) in [5.41, 5.74) is 1.35. The van der Waals surface area contributed by atoms with Gasteiger partial charge in [-0.25, -0.2) is 0 Å². The van der Waals surface area contributed by atoms with Gasteiger partial charge in [-0.3, -0.25) is 0 Å². The third-order valence-corrected chi connectivity index (χ3v) is 2.97. The summed E-state index contributed by atoms with van der Waals surface area (Å²) in [6.45, 7) is 3.23. The van der Waals surface area contributed by atoms with Crippen molar-refractivity contribution >= 4 is 0 Å². The van der Waals surface area contributed by atoms with Crippen LogP contribution in [0.15, 0.2) is 30.3 Å². The highest BCUT2D eigenvalue weighted by molar-refractivity contribution is 5.19. The lowest BCUT2D eigenvalue weighted by atomic mass is 10.1. The van der Waals surface area contributed by atoms with E-state index >= 15 is 0 Å². The molecule has 0 radical (unpaired) electrons. The van der Waals surface area contributed by atoms with Gasteiger partial charge in [0.05, 0.1) is 0 Å². The second-order valence-corrected chi connectivity index (χ2v) is 4.82. The van der Waals surface area contributed by atoms with Crippen LogP contribution < -0.4 is 5.32 Å². The molecule has 1 atom stereocenters. The molecule has 0 heterocycles. The number of likely N-dealkylation sites (N-methyl/N-ethyl adjacent to an activating group) is 3. The first-order valence-electron chi connectivity index (χ1n) is 6.19. The summed E-state index contributed by atoms with van der Waals surface area (Å²) in [7, 11) is 8.43. The number of rotatable bonds is 7. The molecule has 0 aliphatic carbocycles. The quantitative estimate of drug-likeness (QED) is 0.771. The van der Waals surface area contributed by atoms with E-state index in [0.717, 1.165) is 19.6 Å². The van der Waals surface area contributed by atoms with Gasteiger partial charge in [0.15, 0.2) is 0 Å². The summed E-state index contributed by atoms with van der Waals surface area (Å²) in [6, 6.07) is 11.0. The zero-order chi connectivity index (χ0) is 12.7. The van der Waals surface area contributed by atoms with Crippen LogP contribution >= 0.6 is 0 Å². The zero-order valence-electron chi connectivity index (χ0n) is 11.5. The Bertz CT molecular complexity index is 298. The first-order chi connectivity index (χ1) is 8.13. The van der Waals surface area contributed by atoms with E-state index in [9.17, 15) is 0 Å². The molecule has 0 amide bonds. The molecule has 0 saturated carbocycles. The van der Waals surface area contributed by atoms with Gasteiger partial charge in [-0.1, -0.05) is 30.3 Å². The molecular weight excluding hydrogens is 210 g/mol. The van der Waals surface area contributed by atoms with Crippen LogP contribution in [0.5, 0.6) is 0 Å². The van der Waals surface area contributed by atoms with Crippen molar-refractivity contribution in [3.8, 4) is 0 Å². The first kappa shape index (κ1) is 14.2. The summed E-state index contributed by atoms with van der Waals surface area (Å²) in [6.07, 6.45) is 0. The van der Waals surface area contributed by atoms with Gasteiger partial charge in [0.25, 0.3) is 0 Å². The Kier molecular flexibility index (Phi) is 6.19. The Morgan fingerprint density at radius 2 is 1.71 bits per heavy atom. The molecule has 96 valence electrons. The fourth-order valence-corrected chi connectivity index (χ4v) is 1.82. The Labute approximate surface area is 105 Å². The molecule has 3 heteroatoms. The summed E-state index contributed by atoms with van der Waals surface area (Å²) in [5.74, 6) is 0. The van der Waals surface area contributed by atoms with Gasteiger partial charge in [-0.2, -0.15) is 0 Å². The molecule has 0 aromatic heterocycles. The molecule has 1 unspecified atom stereocenters. The highest BCUT2D eigenvalue weighted by Gasteiger charge is 2.11. The molecule has 1 N–H and O–H groups in total. The van der Waals surface area contributed by atoms with Crippen molar-refractivity contribution in [3.63, 3.8) is 0 Å². The maximum absolute atomic E-state index is 3.38. The lowest BCUT2D eigenvalue weighted by molar-refractivity contribution is 0.260. The minimum absolute atomic E-state index is 0.406. The molecule has 0 aliphatic rings. The Hall–Kier alpha value is -0.900. The summed E-state index contributed by atoms with van der Waals surface area (Å²) in [4.78, 5) is 4.58. The minimum atomic E-state index is 0.406. The van der Waals surface area contributed by atoms with Crippen molar-refractivity contribution in [1.82, 2.24) is 15.1 Å². The van der Waals surface area contributed by atoms with Gasteiger partial charge in [0, 0.05) is 25.7 Å². The van der Waals surface area contributed by atoms with Crippen LogP contribution in [0.1, 0.15) is 11.6 Å². The standard InChI is InChI=1S/C14H25N3/c1-15-14(13-8-6-5-7-9-13)12-17(4)11-10-16(2)3/h5-9,14-15H,10-12H2,1-4H3. The predicted octanol–water partition coefficient (Wildman–Crippen LogP) is 1.44. The Morgan fingerprint density at radius 3 is 2.24 bits per heavy atom. The molecule has 0 spiro atoms. The second kappa shape index (κ2) is 7.43. The molecule has 0 fully saturated rings. The van der Waals surface area contributed by atoms with Crippen LogP contribution in [0, 0.1) is 0 Å². The number of nitrogens with one attached hydrogen (secondary N) is 1. The maximum atomic E-state index is 3.38. The molecule has 1 aromatic carbocycles. The minimum Gasteiger partial charge on any atom is -0.312 e. The van der Waals surface area contributed by atoms with Crippen LogP contribution in [0.3, 0.4) is 0 Å². The van der Waals surface area contributed by atoms with Crippen molar-refractivity contribution in [2.75, 3.05) is 47.8 Å². The molecule has 0 aliphatic heterocycles. The van der Waals surface area contributed by atoms with Crippen molar-refractivity contribution < 1.29 is 0 Å². The van der Waals surface area contributed by atoms with Crippen LogP contribution in [0.4, 0.5) is 0 Å². The van der Waals surface area contributed by atoms with E-state index in [2.05, 4.69) is 66.6 Å².